The summed E-state index contributed by atoms with van der Waals surface area (Å²) in [5, 5.41) is 4.53. The average molecular weight is 591 g/mol. The van der Waals surface area contributed by atoms with Crippen LogP contribution in [0.3, 0.4) is 0 Å². The van der Waals surface area contributed by atoms with Crippen LogP contribution in [0.25, 0.3) is 27.0 Å². The second kappa shape index (κ2) is 12.8. The fourth-order valence-electron chi connectivity index (χ4n) is 5.26. The lowest BCUT2D eigenvalue weighted by atomic mass is 10.0. The number of benzene rings is 1. The second-order valence-electron chi connectivity index (χ2n) is 13.4. The number of rotatable bonds is 9. The number of nitrogens with zero attached hydrogens (tertiary/aromatic N) is 5. The smallest absolute Gasteiger partial charge is 0.410 e. The molecule has 1 aliphatic rings. The first-order valence-corrected chi connectivity index (χ1v) is 18.7. The molecule has 3 heterocycles. The Bertz CT molecular complexity index is 1460. The van der Waals surface area contributed by atoms with Crippen LogP contribution in [0.5, 0.6) is 0 Å². The number of likely N-dealkylation sites (tertiary alicyclic amines) is 1. The maximum absolute atomic E-state index is 12.7. The largest absolute Gasteiger partial charge is 0.444 e. The monoisotopic (exact) mass is 590 g/mol. The highest BCUT2D eigenvalue weighted by molar-refractivity contribution is 6.76. The van der Waals surface area contributed by atoms with Crippen molar-refractivity contribution in [3.05, 3.63) is 47.1 Å². The Morgan fingerprint density at radius 1 is 1.26 bits per heavy atom. The van der Waals surface area contributed by atoms with Crippen molar-refractivity contribution in [1.29, 1.82) is 0 Å². The first-order valence-electron chi connectivity index (χ1n) is 15.0. The molecule has 1 aromatic carbocycles. The van der Waals surface area contributed by atoms with Gasteiger partial charge in [-0.05, 0) is 64.1 Å². The number of carbonyl (C=O) groups excluding carboxylic acids is 1. The SMILES string of the molecule is [C-]#[N+]c1ccc2c(-c3nc(N[C@H]4CCCN(C(=O)OC(C)(C)C)C4)ncc3CC)cn(COCC[Si](C)(C)C)c2c1C. The van der Waals surface area contributed by atoms with E-state index in [-0.39, 0.29) is 12.1 Å². The van der Waals surface area contributed by atoms with Crippen molar-refractivity contribution < 1.29 is 14.3 Å². The Hall–Kier alpha value is -3.42. The van der Waals surface area contributed by atoms with E-state index in [1.54, 1.807) is 4.90 Å². The van der Waals surface area contributed by atoms with Crippen LogP contribution in [0.1, 0.15) is 51.7 Å². The summed E-state index contributed by atoms with van der Waals surface area (Å²) in [5.74, 6) is 0.542. The fraction of sp³-hybridized carbons (Fsp3) is 0.562. The van der Waals surface area contributed by atoms with Crippen molar-refractivity contribution in [3.8, 4) is 11.3 Å². The normalized spacial score (nSPS) is 16.0. The van der Waals surface area contributed by atoms with Gasteiger partial charge in [0.2, 0.25) is 5.95 Å². The summed E-state index contributed by atoms with van der Waals surface area (Å²) < 4.78 is 13.9. The minimum atomic E-state index is -1.21. The number of amides is 1. The highest BCUT2D eigenvalue weighted by Crippen LogP contribution is 2.37. The van der Waals surface area contributed by atoms with Crippen molar-refractivity contribution in [1.82, 2.24) is 19.4 Å². The Labute approximate surface area is 251 Å². The molecule has 1 amide bonds. The molecule has 42 heavy (non-hydrogen) atoms. The van der Waals surface area contributed by atoms with Crippen LogP contribution in [-0.2, 0) is 22.6 Å². The third-order valence-electron chi connectivity index (χ3n) is 7.52. The average Bonchev–Trinajstić information content (AvgIpc) is 3.29. The number of carbonyl (C=O) groups is 1. The summed E-state index contributed by atoms with van der Waals surface area (Å²) in [6.45, 7) is 26.8. The van der Waals surface area contributed by atoms with Gasteiger partial charge >= 0.3 is 6.09 Å². The van der Waals surface area contributed by atoms with Gasteiger partial charge in [0.15, 0.2) is 5.69 Å². The van der Waals surface area contributed by atoms with Gasteiger partial charge in [0, 0.05) is 62.7 Å². The van der Waals surface area contributed by atoms with E-state index >= 15 is 0 Å². The molecule has 1 N–H and O–H groups in total. The van der Waals surface area contributed by atoms with Gasteiger partial charge in [-0.2, -0.15) is 0 Å². The van der Waals surface area contributed by atoms with E-state index in [0.29, 0.717) is 31.5 Å². The molecule has 0 aliphatic carbocycles. The first-order chi connectivity index (χ1) is 19.8. The van der Waals surface area contributed by atoms with E-state index < -0.39 is 13.7 Å². The Kier molecular flexibility index (Phi) is 9.63. The molecule has 1 saturated heterocycles. The molecule has 0 saturated carbocycles. The number of hydrogen-bond acceptors (Lipinski definition) is 6. The molecule has 226 valence electrons. The molecule has 1 atom stereocenters. The van der Waals surface area contributed by atoms with Crippen molar-refractivity contribution in [2.75, 3.05) is 25.0 Å². The molecule has 3 aromatic rings. The second-order valence-corrected chi connectivity index (χ2v) is 19.0. The third-order valence-corrected chi connectivity index (χ3v) is 9.22. The molecule has 10 heteroatoms. The molecule has 9 nitrogen and oxygen atoms in total. The van der Waals surface area contributed by atoms with Crippen molar-refractivity contribution in [3.63, 3.8) is 0 Å². The topological polar surface area (TPSA) is 85.9 Å². The zero-order chi connectivity index (χ0) is 30.7. The molecule has 4 rings (SSSR count). The van der Waals surface area contributed by atoms with E-state index in [2.05, 4.69) is 52.5 Å². The van der Waals surface area contributed by atoms with E-state index in [1.807, 2.05) is 46.0 Å². The number of anilines is 1. The van der Waals surface area contributed by atoms with Crippen LogP contribution < -0.4 is 5.32 Å². The van der Waals surface area contributed by atoms with Crippen LogP contribution >= 0.6 is 0 Å². The minimum Gasteiger partial charge on any atom is -0.444 e. The lowest BCUT2D eigenvalue weighted by molar-refractivity contribution is 0.0206. The zero-order valence-electron chi connectivity index (χ0n) is 26.5. The van der Waals surface area contributed by atoms with Gasteiger partial charge < -0.3 is 24.3 Å². The van der Waals surface area contributed by atoms with Crippen LogP contribution in [0.2, 0.25) is 25.7 Å². The van der Waals surface area contributed by atoms with Gasteiger partial charge in [-0.3, -0.25) is 0 Å². The van der Waals surface area contributed by atoms with Crippen LogP contribution in [0.4, 0.5) is 16.4 Å². The number of nitrogens with one attached hydrogen (secondary N) is 1. The molecule has 0 unspecified atom stereocenters. The molecule has 0 bridgehead atoms. The Morgan fingerprint density at radius 3 is 2.69 bits per heavy atom. The van der Waals surface area contributed by atoms with Crippen LogP contribution in [-0.4, -0.2) is 64.9 Å². The maximum atomic E-state index is 12.7. The lowest BCUT2D eigenvalue weighted by Crippen LogP contribution is -2.47. The van der Waals surface area contributed by atoms with Gasteiger partial charge in [-0.25, -0.2) is 19.6 Å². The summed E-state index contributed by atoms with van der Waals surface area (Å²) in [4.78, 5) is 27.9. The van der Waals surface area contributed by atoms with E-state index in [4.69, 9.17) is 21.0 Å². The molecule has 0 radical (unpaired) electrons. The quantitative estimate of drug-likeness (QED) is 0.157. The number of fused-ring (bicyclic) bond motifs is 1. The third kappa shape index (κ3) is 7.69. The number of piperidine rings is 1. The summed E-state index contributed by atoms with van der Waals surface area (Å²) in [6, 6.07) is 5.04. The van der Waals surface area contributed by atoms with Gasteiger partial charge in [0.25, 0.3) is 0 Å². The van der Waals surface area contributed by atoms with E-state index in [9.17, 15) is 4.79 Å². The van der Waals surface area contributed by atoms with Crippen molar-refractivity contribution >= 4 is 36.7 Å². The Morgan fingerprint density at radius 2 is 2.02 bits per heavy atom. The summed E-state index contributed by atoms with van der Waals surface area (Å²) in [6.07, 6.45) is 6.30. The minimum absolute atomic E-state index is 0.0242. The van der Waals surface area contributed by atoms with Gasteiger partial charge in [0.1, 0.15) is 12.3 Å². The predicted molar refractivity (Wildman–Crippen MR) is 172 cm³/mol. The molecular formula is C32H46N6O3Si. The summed E-state index contributed by atoms with van der Waals surface area (Å²) in [7, 11) is -1.21. The number of aryl methyl sites for hydroxylation is 2. The molecular weight excluding hydrogens is 544 g/mol. The van der Waals surface area contributed by atoms with E-state index in [1.165, 1.54) is 0 Å². The lowest BCUT2D eigenvalue weighted by Gasteiger charge is -2.34. The standard InChI is InChI=1S/C32H46N6O3Si/c1-10-23-18-34-30(35-24-12-11-15-37(19-24)31(39)41-32(3,4)5)36-28(23)26-20-38(21-40-16-17-42(7,8)9)29-22(2)27(33-6)14-13-25(26)29/h13-14,18,20,24H,10-12,15-17,19,21H2,1-5,7-9H3,(H,34,35,36)/t24-/m0/s1. The van der Waals surface area contributed by atoms with Crippen molar-refractivity contribution in [2.45, 2.75) is 97.9 Å². The van der Waals surface area contributed by atoms with Gasteiger partial charge in [-0.15, -0.1) is 0 Å². The van der Waals surface area contributed by atoms with E-state index in [0.717, 1.165) is 65.2 Å². The van der Waals surface area contributed by atoms with Crippen molar-refractivity contribution in [2.24, 2.45) is 0 Å². The number of aromatic nitrogens is 3. The fourth-order valence-corrected chi connectivity index (χ4v) is 6.01. The zero-order valence-corrected chi connectivity index (χ0v) is 27.5. The highest BCUT2D eigenvalue weighted by Gasteiger charge is 2.28. The number of hydrogen-bond donors (Lipinski definition) is 1. The Balaban J connectivity index is 1.64. The predicted octanol–water partition coefficient (Wildman–Crippen LogP) is 7.64. The molecule has 1 fully saturated rings. The maximum Gasteiger partial charge on any atom is 0.410 e. The van der Waals surface area contributed by atoms with Gasteiger partial charge in [0.05, 0.1) is 12.3 Å². The van der Waals surface area contributed by atoms with Crippen LogP contribution in [0.15, 0.2) is 24.5 Å². The molecule has 2 aromatic heterocycles. The summed E-state index contributed by atoms with van der Waals surface area (Å²) >= 11 is 0. The highest BCUT2D eigenvalue weighted by atomic mass is 28.3. The summed E-state index contributed by atoms with van der Waals surface area (Å²) in [5.41, 5.74) is 4.97. The number of ether oxygens (including phenoxy) is 2. The first kappa shape index (κ1) is 31.5. The molecule has 0 spiro atoms. The van der Waals surface area contributed by atoms with Crippen LogP contribution in [0, 0.1) is 13.5 Å². The van der Waals surface area contributed by atoms with Gasteiger partial charge in [-0.1, -0.05) is 38.7 Å². The molecule has 1 aliphatic heterocycles.